The van der Waals surface area contributed by atoms with Gasteiger partial charge in [0.15, 0.2) is 0 Å². The van der Waals surface area contributed by atoms with E-state index in [-0.39, 0.29) is 5.91 Å². The van der Waals surface area contributed by atoms with Crippen molar-refractivity contribution >= 4 is 33.2 Å². The summed E-state index contributed by atoms with van der Waals surface area (Å²) in [5.41, 5.74) is 8.84. The topological polar surface area (TPSA) is 78.9 Å². The van der Waals surface area contributed by atoms with Crippen molar-refractivity contribution in [2.45, 2.75) is 6.92 Å². The first-order valence-electron chi connectivity index (χ1n) is 5.88. The highest BCUT2D eigenvalue weighted by molar-refractivity contribution is 9.10. The highest BCUT2D eigenvalue weighted by Crippen LogP contribution is 2.28. The molecule has 0 aromatic heterocycles. The zero-order chi connectivity index (χ0) is 14.7. The molecule has 0 aliphatic heterocycles. The number of nitrogens with zero attached hydrogens (tertiary/aromatic N) is 1. The molecule has 0 aliphatic rings. The number of nitrogen functional groups attached to an aromatic ring is 1. The molecule has 0 saturated carbocycles. The molecule has 0 fully saturated rings. The van der Waals surface area contributed by atoms with Crippen LogP contribution in [0, 0.1) is 18.3 Å². The first-order chi connectivity index (χ1) is 9.51. The Balaban J connectivity index is 2.28. The first kappa shape index (κ1) is 14.1. The predicted octanol–water partition coefficient (Wildman–Crippen LogP) is 3.46. The van der Waals surface area contributed by atoms with Gasteiger partial charge in [-0.05, 0) is 58.7 Å². The number of carbonyl (C=O) groups is 1. The van der Waals surface area contributed by atoms with E-state index in [9.17, 15) is 4.79 Å². The highest BCUT2D eigenvalue weighted by atomic mass is 79.9. The minimum Gasteiger partial charge on any atom is -0.398 e. The lowest BCUT2D eigenvalue weighted by Gasteiger charge is -2.10. The summed E-state index contributed by atoms with van der Waals surface area (Å²) < 4.78 is 0.758. The fraction of sp³-hybridized carbons (Fsp3) is 0.0667. The second-order valence-corrected chi connectivity index (χ2v) is 5.19. The van der Waals surface area contributed by atoms with E-state index in [0.717, 1.165) is 10.0 Å². The number of halogens is 1. The summed E-state index contributed by atoms with van der Waals surface area (Å²) in [6, 6.07) is 12.1. The van der Waals surface area contributed by atoms with Gasteiger partial charge in [0, 0.05) is 15.7 Å². The number of benzene rings is 2. The van der Waals surface area contributed by atoms with Crippen LogP contribution in [0.1, 0.15) is 21.5 Å². The maximum absolute atomic E-state index is 12.1. The minimum absolute atomic E-state index is 0.286. The van der Waals surface area contributed by atoms with Gasteiger partial charge in [0.1, 0.15) is 0 Å². The van der Waals surface area contributed by atoms with Gasteiger partial charge in [-0.3, -0.25) is 4.79 Å². The number of carbonyl (C=O) groups excluding carboxylic acids is 1. The van der Waals surface area contributed by atoms with Crippen molar-refractivity contribution in [3.8, 4) is 6.07 Å². The zero-order valence-corrected chi connectivity index (χ0v) is 12.4. The van der Waals surface area contributed by atoms with E-state index in [4.69, 9.17) is 11.0 Å². The van der Waals surface area contributed by atoms with Gasteiger partial charge in [0.05, 0.1) is 17.3 Å². The largest absolute Gasteiger partial charge is 0.398 e. The van der Waals surface area contributed by atoms with Gasteiger partial charge < -0.3 is 11.1 Å². The summed E-state index contributed by atoms with van der Waals surface area (Å²) in [6.45, 7) is 1.89. The smallest absolute Gasteiger partial charge is 0.255 e. The molecule has 0 radical (unpaired) electrons. The van der Waals surface area contributed by atoms with E-state index < -0.39 is 0 Å². The lowest BCUT2D eigenvalue weighted by atomic mass is 10.1. The number of rotatable bonds is 2. The van der Waals surface area contributed by atoms with Crippen molar-refractivity contribution in [3.05, 3.63) is 57.6 Å². The molecule has 0 spiro atoms. The van der Waals surface area contributed by atoms with Crippen molar-refractivity contribution in [2.75, 3.05) is 11.1 Å². The maximum atomic E-state index is 12.1. The molecule has 20 heavy (non-hydrogen) atoms. The van der Waals surface area contributed by atoms with Crippen LogP contribution in [0.4, 0.5) is 11.4 Å². The minimum atomic E-state index is -0.286. The van der Waals surface area contributed by atoms with Gasteiger partial charge in [0.25, 0.3) is 5.91 Å². The Morgan fingerprint density at radius 1 is 1.35 bits per heavy atom. The second-order valence-electron chi connectivity index (χ2n) is 4.34. The molecule has 100 valence electrons. The van der Waals surface area contributed by atoms with E-state index in [2.05, 4.69) is 21.2 Å². The fourth-order valence-corrected chi connectivity index (χ4v) is 2.27. The fourth-order valence-electron chi connectivity index (χ4n) is 1.71. The van der Waals surface area contributed by atoms with Gasteiger partial charge in [-0.25, -0.2) is 0 Å². The molecule has 3 N–H and O–H groups in total. The molecule has 4 nitrogen and oxygen atoms in total. The summed E-state index contributed by atoms with van der Waals surface area (Å²) in [6.07, 6.45) is 0. The summed E-state index contributed by atoms with van der Waals surface area (Å²) in [7, 11) is 0. The van der Waals surface area contributed by atoms with Crippen LogP contribution in [0.2, 0.25) is 0 Å². The number of aryl methyl sites for hydroxylation is 1. The summed E-state index contributed by atoms with van der Waals surface area (Å²) in [5.74, 6) is -0.286. The van der Waals surface area contributed by atoms with Crippen LogP contribution in [-0.4, -0.2) is 5.91 Å². The van der Waals surface area contributed by atoms with Gasteiger partial charge in [-0.15, -0.1) is 0 Å². The van der Waals surface area contributed by atoms with Crippen LogP contribution in [0.5, 0.6) is 0 Å². The Kier molecular flexibility index (Phi) is 4.06. The molecule has 0 bridgehead atoms. The zero-order valence-electron chi connectivity index (χ0n) is 10.8. The maximum Gasteiger partial charge on any atom is 0.255 e. The van der Waals surface area contributed by atoms with E-state index in [1.807, 2.05) is 19.1 Å². The third-order valence-corrected chi connectivity index (χ3v) is 3.51. The first-order valence-corrected chi connectivity index (χ1v) is 6.67. The predicted molar refractivity (Wildman–Crippen MR) is 82.4 cm³/mol. The molecule has 0 atom stereocenters. The number of nitrogens with one attached hydrogen (secondary N) is 1. The second kappa shape index (κ2) is 5.76. The Bertz CT molecular complexity index is 720. The van der Waals surface area contributed by atoms with E-state index in [1.54, 1.807) is 30.3 Å². The average molecular weight is 330 g/mol. The van der Waals surface area contributed by atoms with Gasteiger partial charge in [-0.2, -0.15) is 5.26 Å². The molecule has 2 aromatic rings. The molecule has 0 heterocycles. The Labute approximate surface area is 125 Å². The summed E-state index contributed by atoms with van der Waals surface area (Å²) in [4.78, 5) is 12.1. The summed E-state index contributed by atoms with van der Waals surface area (Å²) in [5, 5.41) is 11.6. The van der Waals surface area contributed by atoms with Crippen molar-refractivity contribution in [3.63, 3.8) is 0 Å². The molecular formula is C15H12BrN3O. The lowest BCUT2D eigenvalue weighted by Crippen LogP contribution is -2.12. The molecule has 0 saturated heterocycles. The van der Waals surface area contributed by atoms with Crippen molar-refractivity contribution in [1.82, 2.24) is 0 Å². The van der Waals surface area contributed by atoms with Crippen molar-refractivity contribution in [2.24, 2.45) is 0 Å². The average Bonchev–Trinajstić information content (AvgIpc) is 2.44. The Hall–Kier alpha value is -2.32. The van der Waals surface area contributed by atoms with E-state index in [1.165, 1.54) is 0 Å². The third-order valence-electron chi connectivity index (χ3n) is 2.86. The van der Waals surface area contributed by atoms with Crippen LogP contribution in [0.3, 0.4) is 0 Å². The number of anilines is 2. The van der Waals surface area contributed by atoms with Gasteiger partial charge in [0.2, 0.25) is 0 Å². The van der Waals surface area contributed by atoms with Crippen LogP contribution >= 0.6 is 15.9 Å². The van der Waals surface area contributed by atoms with Crippen LogP contribution in [-0.2, 0) is 0 Å². The number of amides is 1. The van der Waals surface area contributed by atoms with Crippen molar-refractivity contribution < 1.29 is 4.79 Å². The third kappa shape index (κ3) is 2.98. The molecule has 0 aliphatic carbocycles. The van der Waals surface area contributed by atoms with Crippen LogP contribution in [0.15, 0.2) is 40.9 Å². The molecule has 5 heteroatoms. The normalized spacial score (nSPS) is 9.85. The molecule has 2 rings (SSSR count). The number of nitriles is 1. The van der Waals surface area contributed by atoms with E-state index in [0.29, 0.717) is 22.5 Å². The van der Waals surface area contributed by atoms with E-state index >= 15 is 0 Å². The molecule has 0 unspecified atom stereocenters. The Morgan fingerprint density at radius 2 is 2.10 bits per heavy atom. The number of nitrogens with two attached hydrogens (primary N) is 1. The quantitative estimate of drug-likeness (QED) is 0.828. The summed E-state index contributed by atoms with van der Waals surface area (Å²) >= 11 is 3.39. The van der Waals surface area contributed by atoms with Crippen molar-refractivity contribution in [1.29, 1.82) is 5.26 Å². The molecule has 1 amide bonds. The standard InChI is InChI=1S/C15H12BrN3O/c1-9-5-12(16)14(7-13(9)18)19-15(20)11-4-2-3-10(6-11)8-17/h2-7H,18H2,1H3,(H,19,20). The van der Waals surface area contributed by atoms with Crippen LogP contribution < -0.4 is 11.1 Å². The number of hydrogen-bond acceptors (Lipinski definition) is 3. The highest BCUT2D eigenvalue weighted by Gasteiger charge is 2.10. The lowest BCUT2D eigenvalue weighted by molar-refractivity contribution is 0.102. The number of hydrogen-bond donors (Lipinski definition) is 2. The van der Waals surface area contributed by atoms with Gasteiger partial charge >= 0.3 is 0 Å². The van der Waals surface area contributed by atoms with Gasteiger partial charge in [-0.1, -0.05) is 6.07 Å². The SMILES string of the molecule is Cc1cc(Br)c(NC(=O)c2cccc(C#N)c2)cc1N. The molecular weight excluding hydrogens is 318 g/mol. The Morgan fingerprint density at radius 3 is 2.80 bits per heavy atom. The monoisotopic (exact) mass is 329 g/mol. The van der Waals surface area contributed by atoms with Crippen LogP contribution in [0.25, 0.3) is 0 Å². The molecule has 2 aromatic carbocycles.